The fourth-order valence-corrected chi connectivity index (χ4v) is 4.43. The van der Waals surface area contributed by atoms with Gasteiger partial charge in [0.25, 0.3) is 0 Å². The van der Waals surface area contributed by atoms with Gasteiger partial charge in [0.1, 0.15) is 0 Å². The minimum absolute atomic E-state index is 0. The molecule has 0 radical (unpaired) electrons. The molecule has 5 nitrogen and oxygen atoms in total. The Hall–Kier alpha value is -0.860. The van der Waals surface area contributed by atoms with Crippen molar-refractivity contribution in [2.24, 2.45) is 10.9 Å². The van der Waals surface area contributed by atoms with E-state index in [2.05, 4.69) is 66.6 Å². The Kier molecular flexibility index (Phi) is 10.2. The number of rotatable bonds is 6. The van der Waals surface area contributed by atoms with Crippen molar-refractivity contribution >= 4 is 29.9 Å². The van der Waals surface area contributed by atoms with Crippen molar-refractivity contribution < 1.29 is 4.74 Å². The molecule has 0 amide bonds. The molecule has 0 spiro atoms. The molecule has 1 aromatic carbocycles. The zero-order valence-corrected chi connectivity index (χ0v) is 20.7. The van der Waals surface area contributed by atoms with Gasteiger partial charge in [-0.2, -0.15) is 0 Å². The molecular weight excluding hydrogens is 475 g/mol. The van der Waals surface area contributed by atoms with Gasteiger partial charge in [0, 0.05) is 44.4 Å². The number of guanidine groups is 1. The van der Waals surface area contributed by atoms with Crippen molar-refractivity contribution in [3.63, 3.8) is 0 Å². The third-order valence-electron chi connectivity index (χ3n) is 6.10. The topological polar surface area (TPSA) is 48.9 Å². The monoisotopic (exact) mass is 514 g/mol. The molecule has 0 aromatic heterocycles. The molecule has 2 atom stereocenters. The SMILES string of the molecule is CCNC(=NCC1(NC(C)c2ccccc2)CCOCC1)N1CCCC(C)C1.I. The number of likely N-dealkylation sites (tertiary alicyclic amines) is 1. The van der Waals surface area contributed by atoms with E-state index in [0.717, 1.165) is 64.1 Å². The van der Waals surface area contributed by atoms with E-state index in [1.807, 2.05) is 0 Å². The Bertz CT molecular complexity index is 619. The molecule has 1 aromatic rings. The molecule has 2 aliphatic rings. The molecule has 0 bridgehead atoms. The summed E-state index contributed by atoms with van der Waals surface area (Å²) in [7, 11) is 0. The minimum Gasteiger partial charge on any atom is -0.381 e. The van der Waals surface area contributed by atoms with Crippen LogP contribution in [0.3, 0.4) is 0 Å². The summed E-state index contributed by atoms with van der Waals surface area (Å²) in [6, 6.07) is 11.0. The van der Waals surface area contributed by atoms with Crippen LogP contribution >= 0.6 is 24.0 Å². The second kappa shape index (κ2) is 12.1. The van der Waals surface area contributed by atoms with E-state index in [1.165, 1.54) is 18.4 Å². The predicted octanol–water partition coefficient (Wildman–Crippen LogP) is 4.20. The molecule has 2 saturated heterocycles. The first kappa shape index (κ1) is 24.4. The first-order chi connectivity index (χ1) is 13.6. The molecule has 0 saturated carbocycles. The Labute approximate surface area is 194 Å². The molecule has 2 fully saturated rings. The molecular formula is C23H39IN4O. The summed E-state index contributed by atoms with van der Waals surface area (Å²) in [4.78, 5) is 7.58. The van der Waals surface area contributed by atoms with Crippen LogP contribution in [0.5, 0.6) is 0 Å². The fourth-order valence-electron chi connectivity index (χ4n) is 4.43. The van der Waals surface area contributed by atoms with Gasteiger partial charge >= 0.3 is 0 Å². The lowest BCUT2D eigenvalue weighted by molar-refractivity contribution is 0.0373. The minimum atomic E-state index is -0.00438. The maximum absolute atomic E-state index is 5.68. The van der Waals surface area contributed by atoms with Gasteiger partial charge in [-0.25, -0.2) is 0 Å². The number of hydrogen-bond donors (Lipinski definition) is 2. The van der Waals surface area contributed by atoms with Gasteiger partial charge in [-0.1, -0.05) is 37.3 Å². The van der Waals surface area contributed by atoms with Crippen LogP contribution in [0.25, 0.3) is 0 Å². The lowest BCUT2D eigenvalue weighted by Crippen LogP contribution is -2.54. The molecule has 2 N–H and O–H groups in total. The highest BCUT2D eigenvalue weighted by Gasteiger charge is 2.34. The van der Waals surface area contributed by atoms with Gasteiger partial charge < -0.3 is 20.3 Å². The van der Waals surface area contributed by atoms with E-state index in [9.17, 15) is 0 Å². The third-order valence-corrected chi connectivity index (χ3v) is 6.10. The van der Waals surface area contributed by atoms with E-state index in [0.29, 0.717) is 6.04 Å². The summed E-state index contributed by atoms with van der Waals surface area (Å²) < 4.78 is 5.68. The van der Waals surface area contributed by atoms with Gasteiger partial charge in [0.05, 0.1) is 6.54 Å². The van der Waals surface area contributed by atoms with Gasteiger partial charge in [-0.05, 0) is 51.0 Å². The Morgan fingerprint density at radius 3 is 2.66 bits per heavy atom. The van der Waals surface area contributed by atoms with Crippen molar-refractivity contribution in [3.8, 4) is 0 Å². The number of ether oxygens (including phenoxy) is 1. The summed E-state index contributed by atoms with van der Waals surface area (Å²) >= 11 is 0. The predicted molar refractivity (Wildman–Crippen MR) is 132 cm³/mol. The second-order valence-corrected chi connectivity index (χ2v) is 8.53. The van der Waals surface area contributed by atoms with Crippen molar-refractivity contribution in [1.29, 1.82) is 0 Å². The van der Waals surface area contributed by atoms with Crippen molar-refractivity contribution in [2.75, 3.05) is 39.4 Å². The highest BCUT2D eigenvalue weighted by atomic mass is 127. The lowest BCUT2D eigenvalue weighted by atomic mass is 9.88. The van der Waals surface area contributed by atoms with Crippen LogP contribution in [-0.2, 0) is 4.74 Å². The summed E-state index contributed by atoms with van der Waals surface area (Å²) in [5.74, 6) is 1.82. The maximum Gasteiger partial charge on any atom is 0.193 e. The Morgan fingerprint density at radius 1 is 1.28 bits per heavy atom. The van der Waals surface area contributed by atoms with E-state index >= 15 is 0 Å². The first-order valence-corrected chi connectivity index (χ1v) is 11.1. The number of piperidine rings is 1. The molecule has 164 valence electrons. The van der Waals surface area contributed by atoms with E-state index in [4.69, 9.17) is 9.73 Å². The molecule has 3 rings (SSSR count). The summed E-state index contributed by atoms with van der Waals surface area (Å²) in [5.41, 5.74) is 1.32. The largest absolute Gasteiger partial charge is 0.381 e. The molecule has 2 aliphatic heterocycles. The lowest BCUT2D eigenvalue weighted by Gasteiger charge is -2.40. The summed E-state index contributed by atoms with van der Waals surface area (Å²) in [6.07, 6.45) is 4.59. The standard InChI is InChI=1S/C23H38N4O.HI/c1-4-24-22(27-14-8-9-19(2)17-27)25-18-23(12-15-28-16-13-23)26-20(3)21-10-6-5-7-11-21;/h5-7,10-11,19-20,26H,4,8-9,12-18H2,1-3H3,(H,24,25);1H. The van der Waals surface area contributed by atoms with E-state index in [1.54, 1.807) is 0 Å². The van der Waals surface area contributed by atoms with Crippen molar-refractivity contribution in [1.82, 2.24) is 15.5 Å². The van der Waals surface area contributed by atoms with Crippen LogP contribution in [0.1, 0.15) is 58.1 Å². The Balaban J connectivity index is 0.00000300. The van der Waals surface area contributed by atoms with Gasteiger partial charge in [0.2, 0.25) is 0 Å². The number of benzene rings is 1. The molecule has 6 heteroatoms. The summed E-state index contributed by atoms with van der Waals surface area (Å²) in [5, 5.41) is 7.46. The van der Waals surface area contributed by atoms with E-state index < -0.39 is 0 Å². The molecule has 2 heterocycles. The number of nitrogens with zero attached hydrogens (tertiary/aromatic N) is 2. The zero-order valence-electron chi connectivity index (χ0n) is 18.3. The third kappa shape index (κ3) is 7.10. The van der Waals surface area contributed by atoms with Crippen LogP contribution in [0.4, 0.5) is 0 Å². The second-order valence-electron chi connectivity index (χ2n) is 8.53. The molecule has 2 unspecified atom stereocenters. The number of aliphatic imine (C=N–C) groups is 1. The van der Waals surface area contributed by atoms with Crippen LogP contribution in [0.2, 0.25) is 0 Å². The van der Waals surface area contributed by atoms with Crippen molar-refractivity contribution in [2.45, 2.75) is 58.0 Å². The number of halogens is 1. The summed E-state index contributed by atoms with van der Waals surface area (Å²) in [6.45, 7) is 12.3. The highest BCUT2D eigenvalue weighted by Crippen LogP contribution is 2.26. The van der Waals surface area contributed by atoms with Gasteiger partial charge in [-0.3, -0.25) is 4.99 Å². The first-order valence-electron chi connectivity index (χ1n) is 11.1. The quantitative estimate of drug-likeness (QED) is 0.340. The van der Waals surface area contributed by atoms with Crippen LogP contribution in [0.15, 0.2) is 35.3 Å². The average Bonchev–Trinajstić information content (AvgIpc) is 2.72. The fraction of sp³-hybridized carbons (Fsp3) is 0.696. The number of nitrogens with one attached hydrogen (secondary N) is 2. The van der Waals surface area contributed by atoms with Crippen LogP contribution in [0, 0.1) is 5.92 Å². The van der Waals surface area contributed by atoms with Crippen molar-refractivity contribution in [3.05, 3.63) is 35.9 Å². The maximum atomic E-state index is 5.68. The smallest absolute Gasteiger partial charge is 0.193 e. The van der Waals surface area contributed by atoms with Gasteiger partial charge in [-0.15, -0.1) is 24.0 Å². The van der Waals surface area contributed by atoms with Crippen LogP contribution < -0.4 is 10.6 Å². The highest BCUT2D eigenvalue weighted by molar-refractivity contribution is 14.0. The van der Waals surface area contributed by atoms with Gasteiger partial charge in [0.15, 0.2) is 5.96 Å². The normalized spacial score (nSPS) is 23.2. The molecule has 0 aliphatic carbocycles. The van der Waals surface area contributed by atoms with Crippen LogP contribution in [-0.4, -0.2) is 55.8 Å². The average molecular weight is 514 g/mol. The molecule has 29 heavy (non-hydrogen) atoms. The zero-order chi connectivity index (χ0) is 19.8. The number of hydrogen-bond acceptors (Lipinski definition) is 3. The van der Waals surface area contributed by atoms with E-state index in [-0.39, 0.29) is 29.5 Å². The Morgan fingerprint density at radius 2 is 2.00 bits per heavy atom.